The van der Waals surface area contributed by atoms with Gasteiger partial charge in [0.15, 0.2) is 0 Å². The summed E-state index contributed by atoms with van der Waals surface area (Å²) in [4.78, 5) is 11.2. The largest absolute Gasteiger partial charge is 0.496 e. The molecule has 0 fully saturated rings. The van der Waals surface area contributed by atoms with Crippen LogP contribution in [0.5, 0.6) is 5.75 Å². The van der Waals surface area contributed by atoms with E-state index in [-0.39, 0.29) is 5.95 Å². The zero-order valence-electron chi connectivity index (χ0n) is 15.2. The Kier molecular flexibility index (Phi) is 5.14. The van der Waals surface area contributed by atoms with Crippen LogP contribution in [0.3, 0.4) is 0 Å². The van der Waals surface area contributed by atoms with Crippen LogP contribution >= 0.6 is 27.5 Å². The van der Waals surface area contributed by atoms with Gasteiger partial charge in [-0.15, -0.1) is 0 Å². The standard InChI is InChI=1S/C20H19BrClN5O/c1-28-18-6-13(16(22)7-15(18)21)19-14-9-27(10-17(14)25-20(24)26-19)8-11-2-4-12(23)5-3-11/h2-7H,8-10,23H2,1H3,(H2,24,25,26). The highest BCUT2D eigenvalue weighted by molar-refractivity contribution is 9.10. The number of hydrogen-bond donors (Lipinski definition) is 2. The Labute approximate surface area is 176 Å². The Balaban J connectivity index is 1.70. The van der Waals surface area contributed by atoms with Crippen molar-refractivity contribution < 1.29 is 4.74 Å². The number of rotatable bonds is 4. The fourth-order valence-electron chi connectivity index (χ4n) is 3.42. The fourth-order valence-corrected chi connectivity index (χ4v) is 4.31. The second-order valence-electron chi connectivity index (χ2n) is 6.71. The van der Waals surface area contributed by atoms with Crippen LogP contribution in [0.1, 0.15) is 16.8 Å². The number of methoxy groups -OCH3 is 1. The molecule has 1 aliphatic rings. The van der Waals surface area contributed by atoms with Gasteiger partial charge in [0.25, 0.3) is 0 Å². The first-order chi connectivity index (χ1) is 13.4. The molecule has 1 aromatic heterocycles. The summed E-state index contributed by atoms with van der Waals surface area (Å²) in [5.74, 6) is 0.920. The number of nitrogen functional groups attached to an aromatic ring is 2. The molecule has 0 saturated heterocycles. The van der Waals surface area contributed by atoms with Crippen molar-refractivity contribution in [2.45, 2.75) is 19.6 Å². The molecule has 8 heteroatoms. The summed E-state index contributed by atoms with van der Waals surface area (Å²) < 4.78 is 6.21. The van der Waals surface area contributed by atoms with E-state index < -0.39 is 0 Å². The van der Waals surface area contributed by atoms with Crippen LogP contribution in [0.25, 0.3) is 11.3 Å². The van der Waals surface area contributed by atoms with Crippen LogP contribution in [-0.4, -0.2) is 22.0 Å². The molecule has 3 aromatic rings. The number of fused-ring (bicyclic) bond motifs is 1. The molecule has 0 bridgehead atoms. The predicted molar refractivity (Wildman–Crippen MR) is 115 cm³/mol. The van der Waals surface area contributed by atoms with E-state index in [0.717, 1.165) is 39.2 Å². The molecule has 0 amide bonds. The summed E-state index contributed by atoms with van der Waals surface area (Å²) in [6.45, 7) is 2.20. The first kappa shape index (κ1) is 19.0. The fraction of sp³-hybridized carbons (Fsp3) is 0.200. The summed E-state index contributed by atoms with van der Waals surface area (Å²) in [7, 11) is 1.62. The van der Waals surface area contributed by atoms with Crippen molar-refractivity contribution in [3.05, 3.63) is 62.7 Å². The number of hydrogen-bond acceptors (Lipinski definition) is 6. The van der Waals surface area contributed by atoms with E-state index in [1.807, 2.05) is 36.4 Å². The molecule has 0 aliphatic carbocycles. The third kappa shape index (κ3) is 3.65. The highest BCUT2D eigenvalue weighted by atomic mass is 79.9. The highest BCUT2D eigenvalue weighted by Gasteiger charge is 2.27. The zero-order valence-corrected chi connectivity index (χ0v) is 17.6. The summed E-state index contributed by atoms with van der Waals surface area (Å²) in [6, 6.07) is 11.6. The average Bonchev–Trinajstić information content (AvgIpc) is 3.05. The Morgan fingerprint density at radius 3 is 2.61 bits per heavy atom. The lowest BCUT2D eigenvalue weighted by atomic mass is 10.1. The molecule has 4 rings (SSSR count). The molecular formula is C20H19BrClN5O. The lowest BCUT2D eigenvalue weighted by Gasteiger charge is -2.15. The van der Waals surface area contributed by atoms with Gasteiger partial charge < -0.3 is 16.2 Å². The van der Waals surface area contributed by atoms with Crippen molar-refractivity contribution in [3.8, 4) is 17.0 Å². The molecule has 6 nitrogen and oxygen atoms in total. The predicted octanol–water partition coefficient (Wildman–Crippen LogP) is 4.25. The summed E-state index contributed by atoms with van der Waals surface area (Å²) in [5.41, 5.74) is 17.2. The number of benzene rings is 2. The molecule has 0 saturated carbocycles. The maximum absolute atomic E-state index is 6.52. The van der Waals surface area contributed by atoms with E-state index in [4.69, 9.17) is 27.8 Å². The van der Waals surface area contributed by atoms with Crippen LogP contribution in [0.4, 0.5) is 11.6 Å². The van der Waals surface area contributed by atoms with E-state index in [0.29, 0.717) is 23.9 Å². The third-order valence-electron chi connectivity index (χ3n) is 4.75. The zero-order chi connectivity index (χ0) is 19.8. The van der Waals surface area contributed by atoms with Crippen LogP contribution in [0.15, 0.2) is 40.9 Å². The number of aromatic nitrogens is 2. The second kappa shape index (κ2) is 7.58. The Morgan fingerprint density at radius 1 is 1.14 bits per heavy atom. The molecule has 0 unspecified atom stereocenters. The van der Waals surface area contributed by atoms with Crippen molar-refractivity contribution in [2.75, 3.05) is 18.6 Å². The molecule has 4 N–H and O–H groups in total. The van der Waals surface area contributed by atoms with Crippen molar-refractivity contribution in [2.24, 2.45) is 0 Å². The molecule has 2 heterocycles. The Bertz CT molecular complexity index is 1040. The summed E-state index contributed by atoms with van der Waals surface area (Å²) in [5, 5.41) is 0.574. The monoisotopic (exact) mass is 459 g/mol. The Morgan fingerprint density at radius 2 is 1.89 bits per heavy atom. The number of nitrogens with two attached hydrogens (primary N) is 2. The maximum Gasteiger partial charge on any atom is 0.220 e. The average molecular weight is 461 g/mol. The molecule has 0 atom stereocenters. The van der Waals surface area contributed by atoms with Gasteiger partial charge in [-0.05, 0) is 45.8 Å². The quantitative estimate of drug-likeness (QED) is 0.566. The minimum absolute atomic E-state index is 0.237. The third-order valence-corrected chi connectivity index (χ3v) is 5.68. The van der Waals surface area contributed by atoms with Crippen LogP contribution in [-0.2, 0) is 19.6 Å². The molecule has 144 valence electrons. The van der Waals surface area contributed by atoms with Gasteiger partial charge >= 0.3 is 0 Å². The smallest absolute Gasteiger partial charge is 0.220 e. The molecule has 0 radical (unpaired) electrons. The molecule has 28 heavy (non-hydrogen) atoms. The van der Waals surface area contributed by atoms with Gasteiger partial charge in [0.05, 0.1) is 28.0 Å². The maximum atomic E-state index is 6.52. The van der Waals surface area contributed by atoms with Crippen LogP contribution in [0, 0.1) is 0 Å². The molecular weight excluding hydrogens is 442 g/mol. The Hall–Kier alpha value is -2.35. The second-order valence-corrected chi connectivity index (χ2v) is 7.97. The van der Waals surface area contributed by atoms with Crippen LogP contribution in [0.2, 0.25) is 5.02 Å². The van der Waals surface area contributed by atoms with Crippen molar-refractivity contribution in [3.63, 3.8) is 0 Å². The van der Waals surface area contributed by atoms with Gasteiger partial charge in [-0.3, -0.25) is 4.90 Å². The van der Waals surface area contributed by atoms with E-state index in [2.05, 4.69) is 30.8 Å². The van der Waals surface area contributed by atoms with Crippen molar-refractivity contribution >= 4 is 39.2 Å². The van der Waals surface area contributed by atoms with Crippen molar-refractivity contribution in [1.82, 2.24) is 14.9 Å². The van der Waals surface area contributed by atoms with Gasteiger partial charge in [0.1, 0.15) is 5.75 Å². The van der Waals surface area contributed by atoms with Gasteiger partial charge in [0.2, 0.25) is 5.95 Å². The minimum atomic E-state index is 0.237. The molecule has 0 spiro atoms. The highest BCUT2D eigenvalue weighted by Crippen LogP contribution is 2.40. The number of ether oxygens (including phenoxy) is 1. The van der Waals surface area contributed by atoms with E-state index in [9.17, 15) is 0 Å². The lowest BCUT2D eigenvalue weighted by molar-refractivity contribution is 0.274. The van der Waals surface area contributed by atoms with E-state index >= 15 is 0 Å². The minimum Gasteiger partial charge on any atom is -0.496 e. The van der Waals surface area contributed by atoms with Gasteiger partial charge in [-0.25, -0.2) is 9.97 Å². The molecule has 2 aromatic carbocycles. The lowest BCUT2D eigenvalue weighted by Crippen LogP contribution is -2.15. The van der Waals surface area contributed by atoms with Gasteiger partial charge in [-0.2, -0.15) is 0 Å². The number of halogens is 2. The normalized spacial score (nSPS) is 13.5. The van der Waals surface area contributed by atoms with Crippen LogP contribution < -0.4 is 16.2 Å². The van der Waals surface area contributed by atoms with Crippen molar-refractivity contribution in [1.29, 1.82) is 0 Å². The van der Waals surface area contributed by atoms with E-state index in [1.54, 1.807) is 7.11 Å². The topological polar surface area (TPSA) is 90.3 Å². The SMILES string of the molecule is COc1cc(-c2nc(N)nc3c2CN(Cc2ccc(N)cc2)C3)c(Cl)cc1Br. The van der Waals surface area contributed by atoms with Gasteiger partial charge in [-0.1, -0.05) is 23.7 Å². The van der Waals surface area contributed by atoms with Gasteiger partial charge in [0, 0.05) is 36.4 Å². The molecule has 1 aliphatic heterocycles. The summed E-state index contributed by atoms with van der Waals surface area (Å²) in [6.07, 6.45) is 0. The summed E-state index contributed by atoms with van der Waals surface area (Å²) >= 11 is 9.97. The first-order valence-electron chi connectivity index (χ1n) is 8.70. The number of nitrogens with zero attached hydrogens (tertiary/aromatic N) is 3. The van der Waals surface area contributed by atoms with E-state index in [1.165, 1.54) is 5.56 Å². The first-order valence-corrected chi connectivity index (χ1v) is 9.87. The number of anilines is 2.